The fraction of sp³-hybridized carbons (Fsp3) is 0.286. The molecule has 25 heavy (non-hydrogen) atoms. The smallest absolute Gasteiger partial charge is 0.261 e. The van der Waals surface area contributed by atoms with Crippen molar-refractivity contribution in [3.63, 3.8) is 0 Å². The number of ether oxygens (including phenoxy) is 2. The number of hydrogen-bond donors (Lipinski definition) is 0. The number of aryl methyl sites for hydroxylation is 2. The molecular formula is C21H19NO3. The van der Waals surface area contributed by atoms with Gasteiger partial charge in [-0.15, -0.1) is 0 Å². The Hall–Kier alpha value is -2.75. The van der Waals surface area contributed by atoms with Gasteiger partial charge in [0.2, 0.25) is 0 Å². The first-order valence-electron chi connectivity index (χ1n) is 8.56. The molecule has 0 saturated carbocycles. The van der Waals surface area contributed by atoms with Gasteiger partial charge in [0.25, 0.3) is 5.56 Å². The minimum Gasteiger partial charge on any atom is -0.491 e. The number of pyridine rings is 1. The summed E-state index contributed by atoms with van der Waals surface area (Å²) in [5.74, 6) is 1.58. The third kappa shape index (κ3) is 1.69. The quantitative estimate of drug-likeness (QED) is 0.631. The Morgan fingerprint density at radius 3 is 2.76 bits per heavy atom. The Labute approximate surface area is 145 Å². The Kier molecular flexibility index (Phi) is 2.72. The zero-order valence-corrected chi connectivity index (χ0v) is 14.5. The van der Waals surface area contributed by atoms with Crippen LogP contribution in [0.15, 0.2) is 47.3 Å². The topological polar surface area (TPSA) is 40.5 Å². The van der Waals surface area contributed by atoms with Crippen LogP contribution in [0.2, 0.25) is 0 Å². The molecule has 2 unspecified atom stereocenters. The van der Waals surface area contributed by atoms with Gasteiger partial charge in [-0.25, -0.2) is 0 Å². The fourth-order valence-corrected chi connectivity index (χ4v) is 4.36. The number of fused-ring (bicyclic) bond motifs is 7. The summed E-state index contributed by atoms with van der Waals surface area (Å²) in [5, 5.41) is 0.954. The van der Waals surface area contributed by atoms with Crippen LogP contribution in [0.3, 0.4) is 0 Å². The summed E-state index contributed by atoms with van der Waals surface area (Å²) in [7, 11) is 1.81. The number of para-hydroxylation sites is 2. The van der Waals surface area contributed by atoms with Gasteiger partial charge >= 0.3 is 0 Å². The van der Waals surface area contributed by atoms with Crippen LogP contribution in [0.1, 0.15) is 29.5 Å². The molecule has 3 aromatic rings. The maximum atomic E-state index is 13.2. The van der Waals surface area contributed by atoms with Crippen molar-refractivity contribution in [2.45, 2.75) is 25.4 Å². The largest absolute Gasteiger partial charge is 0.491 e. The van der Waals surface area contributed by atoms with Crippen molar-refractivity contribution in [1.29, 1.82) is 0 Å². The predicted octanol–water partition coefficient (Wildman–Crippen LogP) is 3.63. The van der Waals surface area contributed by atoms with Crippen LogP contribution in [0.4, 0.5) is 0 Å². The SMILES string of the molecule is Cc1cccc2c1OC1(C)c3c(c4ccccc4n(C)c3=O)OCC21. The van der Waals surface area contributed by atoms with E-state index >= 15 is 0 Å². The molecule has 0 N–H and O–H groups in total. The van der Waals surface area contributed by atoms with Crippen LogP contribution in [0, 0.1) is 6.92 Å². The second-order valence-electron chi connectivity index (χ2n) is 7.15. The van der Waals surface area contributed by atoms with Gasteiger partial charge in [-0.2, -0.15) is 0 Å². The number of benzene rings is 2. The lowest BCUT2D eigenvalue weighted by Crippen LogP contribution is -2.44. The van der Waals surface area contributed by atoms with Crippen LogP contribution < -0.4 is 15.0 Å². The summed E-state index contributed by atoms with van der Waals surface area (Å²) in [6.45, 7) is 4.57. The number of hydrogen-bond acceptors (Lipinski definition) is 3. The number of aromatic nitrogens is 1. The summed E-state index contributed by atoms with van der Waals surface area (Å²) in [5.41, 5.74) is 2.96. The lowest BCUT2D eigenvalue weighted by molar-refractivity contribution is 0.0419. The van der Waals surface area contributed by atoms with Crippen LogP contribution >= 0.6 is 0 Å². The molecule has 1 aromatic heterocycles. The van der Waals surface area contributed by atoms with E-state index in [1.165, 1.54) is 0 Å². The first-order valence-corrected chi connectivity index (χ1v) is 8.56. The molecule has 2 aliphatic heterocycles. The summed E-state index contributed by atoms with van der Waals surface area (Å²) in [6.07, 6.45) is 0. The highest BCUT2D eigenvalue weighted by molar-refractivity contribution is 5.87. The van der Waals surface area contributed by atoms with Crippen LogP contribution in [0.5, 0.6) is 11.5 Å². The summed E-state index contributed by atoms with van der Waals surface area (Å²) in [6, 6.07) is 14.0. The monoisotopic (exact) mass is 333 g/mol. The van der Waals surface area contributed by atoms with Crippen molar-refractivity contribution in [2.75, 3.05) is 6.61 Å². The average Bonchev–Trinajstić information content (AvgIpc) is 2.93. The zero-order chi connectivity index (χ0) is 17.3. The predicted molar refractivity (Wildman–Crippen MR) is 96.6 cm³/mol. The highest BCUT2D eigenvalue weighted by Crippen LogP contribution is 2.55. The molecule has 0 fully saturated rings. The lowest BCUT2D eigenvalue weighted by atomic mass is 9.78. The maximum absolute atomic E-state index is 13.2. The van der Waals surface area contributed by atoms with Crippen molar-refractivity contribution < 1.29 is 9.47 Å². The molecule has 2 atom stereocenters. The van der Waals surface area contributed by atoms with Crippen molar-refractivity contribution in [2.24, 2.45) is 7.05 Å². The summed E-state index contributed by atoms with van der Waals surface area (Å²) in [4.78, 5) is 13.2. The highest BCUT2D eigenvalue weighted by Gasteiger charge is 2.53. The molecule has 3 heterocycles. The van der Waals surface area contributed by atoms with E-state index in [9.17, 15) is 4.79 Å². The second-order valence-corrected chi connectivity index (χ2v) is 7.15. The number of rotatable bonds is 0. The maximum Gasteiger partial charge on any atom is 0.261 e. The third-order valence-corrected chi connectivity index (χ3v) is 5.74. The molecule has 0 amide bonds. The van der Waals surface area contributed by atoms with Crippen molar-refractivity contribution in [1.82, 2.24) is 4.57 Å². The molecule has 4 heteroatoms. The number of nitrogens with zero attached hydrogens (tertiary/aromatic N) is 1. The van der Waals surface area contributed by atoms with E-state index in [1.807, 2.05) is 57.3 Å². The van der Waals surface area contributed by atoms with Gasteiger partial charge < -0.3 is 14.0 Å². The van der Waals surface area contributed by atoms with E-state index < -0.39 is 5.60 Å². The van der Waals surface area contributed by atoms with E-state index in [0.29, 0.717) is 17.9 Å². The first-order chi connectivity index (χ1) is 12.0. The van der Waals surface area contributed by atoms with Gasteiger partial charge in [0, 0.05) is 18.0 Å². The Morgan fingerprint density at radius 2 is 1.92 bits per heavy atom. The average molecular weight is 333 g/mol. The zero-order valence-electron chi connectivity index (χ0n) is 14.5. The van der Waals surface area contributed by atoms with Gasteiger partial charge in [0.1, 0.15) is 17.1 Å². The molecule has 126 valence electrons. The van der Waals surface area contributed by atoms with Crippen LogP contribution in [0.25, 0.3) is 10.9 Å². The van der Waals surface area contributed by atoms with Crippen molar-refractivity contribution in [3.05, 3.63) is 69.5 Å². The Morgan fingerprint density at radius 1 is 1.12 bits per heavy atom. The second kappa shape index (κ2) is 4.66. The van der Waals surface area contributed by atoms with Gasteiger partial charge in [0.05, 0.1) is 18.0 Å². The summed E-state index contributed by atoms with van der Waals surface area (Å²) >= 11 is 0. The molecule has 0 radical (unpaired) electrons. The normalized spacial score (nSPS) is 23.4. The molecule has 5 rings (SSSR count). The molecule has 0 spiro atoms. The van der Waals surface area contributed by atoms with Gasteiger partial charge in [-0.05, 0) is 31.5 Å². The Balaban J connectivity index is 1.85. The van der Waals surface area contributed by atoms with E-state index in [1.54, 1.807) is 4.57 Å². The van der Waals surface area contributed by atoms with Crippen molar-refractivity contribution >= 4 is 10.9 Å². The molecule has 2 aliphatic rings. The molecule has 0 bridgehead atoms. The van der Waals surface area contributed by atoms with E-state index in [4.69, 9.17) is 9.47 Å². The van der Waals surface area contributed by atoms with Crippen molar-refractivity contribution in [3.8, 4) is 11.5 Å². The van der Waals surface area contributed by atoms with Crippen LogP contribution in [-0.4, -0.2) is 11.2 Å². The van der Waals surface area contributed by atoms with E-state index in [2.05, 4.69) is 6.07 Å². The molecule has 2 aromatic carbocycles. The van der Waals surface area contributed by atoms with Gasteiger partial charge in [-0.3, -0.25) is 4.79 Å². The minimum atomic E-state index is -0.707. The first kappa shape index (κ1) is 14.6. The summed E-state index contributed by atoms with van der Waals surface area (Å²) < 4.78 is 14.3. The minimum absolute atomic E-state index is 0.0174. The molecule has 0 saturated heterocycles. The van der Waals surface area contributed by atoms with E-state index in [-0.39, 0.29) is 11.5 Å². The molecule has 4 nitrogen and oxygen atoms in total. The third-order valence-electron chi connectivity index (χ3n) is 5.74. The molecule has 0 aliphatic carbocycles. The fourth-order valence-electron chi connectivity index (χ4n) is 4.36. The molecular weight excluding hydrogens is 314 g/mol. The van der Waals surface area contributed by atoms with Gasteiger partial charge in [-0.1, -0.05) is 30.3 Å². The van der Waals surface area contributed by atoms with Gasteiger partial charge in [0.15, 0.2) is 5.60 Å². The standard InChI is InChI=1S/C21H19NO3/c1-12-7-6-9-13-15-11-24-19-14-8-4-5-10-16(14)22(3)20(23)17(19)21(15,2)25-18(12)13/h4-10,15H,11H2,1-3H3. The van der Waals surface area contributed by atoms with E-state index in [0.717, 1.165) is 27.8 Å². The lowest BCUT2D eigenvalue weighted by Gasteiger charge is -2.37. The Bertz CT molecular complexity index is 1100. The van der Waals surface area contributed by atoms with Crippen LogP contribution in [-0.2, 0) is 12.6 Å². The highest BCUT2D eigenvalue weighted by atomic mass is 16.5.